The largest absolute Gasteiger partial charge is 0.493 e. The molecule has 1 aliphatic heterocycles. The number of amides is 1. The Balaban J connectivity index is 1.56. The van der Waals surface area contributed by atoms with E-state index < -0.39 is 5.56 Å². The molecule has 8 nitrogen and oxygen atoms in total. The molecule has 0 fully saturated rings. The minimum absolute atomic E-state index is 0.0786. The minimum atomic E-state index is -0.412. The van der Waals surface area contributed by atoms with Crippen LogP contribution in [0.2, 0.25) is 0 Å². The third-order valence-electron chi connectivity index (χ3n) is 5.72. The lowest BCUT2D eigenvalue weighted by atomic mass is 9.93. The molecule has 33 heavy (non-hydrogen) atoms. The van der Waals surface area contributed by atoms with Crippen LogP contribution >= 0.6 is 11.8 Å². The van der Waals surface area contributed by atoms with Crippen LogP contribution in [0, 0.1) is 0 Å². The molecule has 0 radical (unpaired) electrons. The van der Waals surface area contributed by atoms with E-state index in [2.05, 4.69) is 4.98 Å². The SMILES string of the molecule is COc1cc2c(cc1OC)[C@H](C)N(C(=O)CSc1nc(O)cc(=O)n1-c1ccccc1)CC2. The molecular formula is C24H25N3O5S. The Kier molecular flexibility index (Phi) is 6.60. The van der Waals surface area contributed by atoms with E-state index >= 15 is 0 Å². The molecule has 2 heterocycles. The van der Waals surface area contributed by atoms with Gasteiger partial charge in [0.05, 0.1) is 37.8 Å². The number of rotatable bonds is 6. The number of thioether (sulfide) groups is 1. The molecule has 9 heteroatoms. The molecule has 0 saturated carbocycles. The molecule has 1 N–H and O–H groups in total. The number of methoxy groups -OCH3 is 2. The van der Waals surface area contributed by atoms with Crippen LogP contribution in [0.5, 0.6) is 17.4 Å². The molecule has 1 aliphatic rings. The van der Waals surface area contributed by atoms with Crippen LogP contribution in [0.25, 0.3) is 5.69 Å². The zero-order chi connectivity index (χ0) is 23.5. The summed E-state index contributed by atoms with van der Waals surface area (Å²) < 4.78 is 12.2. The van der Waals surface area contributed by atoms with E-state index in [1.54, 1.807) is 26.4 Å². The first-order valence-corrected chi connectivity index (χ1v) is 11.5. The third kappa shape index (κ3) is 4.54. The molecule has 0 spiro atoms. The normalized spacial score (nSPS) is 15.1. The number of hydrogen-bond donors (Lipinski definition) is 1. The number of carbonyl (C=O) groups excluding carboxylic acids is 1. The lowest BCUT2D eigenvalue weighted by molar-refractivity contribution is -0.130. The zero-order valence-corrected chi connectivity index (χ0v) is 19.5. The standard InChI is InChI=1S/C24H25N3O5S/c1-15-18-12-20(32-3)19(31-2)11-16(18)9-10-26(15)23(30)14-33-24-25-21(28)13-22(29)27(24)17-7-5-4-6-8-17/h4-8,11-13,15,28H,9-10,14H2,1-3H3/t15-/m0/s1. The van der Waals surface area contributed by atoms with Crippen molar-refractivity contribution in [2.45, 2.75) is 24.5 Å². The average Bonchev–Trinajstić information content (AvgIpc) is 2.82. The van der Waals surface area contributed by atoms with Crippen LogP contribution in [0.3, 0.4) is 0 Å². The molecular weight excluding hydrogens is 442 g/mol. The second kappa shape index (κ2) is 9.58. The molecule has 0 saturated heterocycles. The van der Waals surface area contributed by atoms with Gasteiger partial charge in [0, 0.05) is 6.54 Å². The Morgan fingerprint density at radius 3 is 2.55 bits per heavy atom. The zero-order valence-electron chi connectivity index (χ0n) is 18.6. The van der Waals surface area contributed by atoms with Crippen LogP contribution < -0.4 is 15.0 Å². The van der Waals surface area contributed by atoms with Gasteiger partial charge < -0.3 is 19.5 Å². The Morgan fingerprint density at radius 2 is 1.85 bits per heavy atom. The lowest BCUT2D eigenvalue weighted by Crippen LogP contribution is -2.40. The van der Waals surface area contributed by atoms with Crippen LogP contribution in [-0.4, -0.2) is 52.0 Å². The van der Waals surface area contributed by atoms with Crippen molar-refractivity contribution in [3.05, 3.63) is 70.0 Å². The summed E-state index contributed by atoms with van der Waals surface area (Å²) in [5.41, 5.74) is 2.36. The highest BCUT2D eigenvalue weighted by molar-refractivity contribution is 7.99. The number of benzene rings is 2. The lowest BCUT2D eigenvalue weighted by Gasteiger charge is -2.35. The predicted molar refractivity (Wildman–Crippen MR) is 126 cm³/mol. The quantitative estimate of drug-likeness (QED) is 0.440. The van der Waals surface area contributed by atoms with E-state index in [4.69, 9.17) is 9.47 Å². The van der Waals surface area contributed by atoms with Crippen molar-refractivity contribution >= 4 is 17.7 Å². The van der Waals surface area contributed by atoms with E-state index in [1.807, 2.05) is 42.2 Å². The molecule has 172 valence electrons. The number of nitrogens with zero attached hydrogens (tertiary/aromatic N) is 3. The average molecular weight is 468 g/mol. The summed E-state index contributed by atoms with van der Waals surface area (Å²) in [5, 5.41) is 10.1. The number of aromatic hydroxyl groups is 1. The van der Waals surface area contributed by atoms with E-state index in [1.165, 1.54) is 4.57 Å². The number of ether oxygens (including phenoxy) is 2. The third-order valence-corrected chi connectivity index (χ3v) is 6.64. The predicted octanol–water partition coefficient (Wildman–Crippen LogP) is 3.19. The number of fused-ring (bicyclic) bond motifs is 1. The van der Waals surface area contributed by atoms with Crippen LogP contribution in [-0.2, 0) is 11.2 Å². The first-order chi connectivity index (χ1) is 15.9. The number of carbonyl (C=O) groups is 1. The number of aromatic nitrogens is 2. The molecule has 0 bridgehead atoms. The van der Waals surface area contributed by atoms with Crippen molar-refractivity contribution in [2.75, 3.05) is 26.5 Å². The van der Waals surface area contributed by atoms with Crippen LogP contribution in [0.15, 0.2) is 58.5 Å². The Labute approximate surface area is 195 Å². The topological polar surface area (TPSA) is 93.9 Å². The van der Waals surface area contributed by atoms with Gasteiger partial charge in [0.15, 0.2) is 16.7 Å². The van der Waals surface area contributed by atoms with Crippen LogP contribution in [0.1, 0.15) is 24.1 Å². The van der Waals surface area contributed by atoms with Gasteiger partial charge in [-0.3, -0.25) is 14.2 Å². The van der Waals surface area contributed by atoms with Gasteiger partial charge in [-0.1, -0.05) is 30.0 Å². The molecule has 0 aliphatic carbocycles. The fraction of sp³-hybridized carbons (Fsp3) is 0.292. The maximum absolute atomic E-state index is 13.2. The monoisotopic (exact) mass is 467 g/mol. The number of para-hydroxylation sites is 1. The van der Waals surface area contributed by atoms with Gasteiger partial charge in [0.2, 0.25) is 11.8 Å². The van der Waals surface area contributed by atoms with Crippen molar-refractivity contribution in [2.24, 2.45) is 0 Å². The fourth-order valence-corrected chi connectivity index (χ4v) is 4.96. The van der Waals surface area contributed by atoms with E-state index in [9.17, 15) is 14.7 Å². The molecule has 4 rings (SSSR count). The van der Waals surface area contributed by atoms with Crippen molar-refractivity contribution < 1.29 is 19.4 Å². The summed E-state index contributed by atoms with van der Waals surface area (Å²) in [6.45, 7) is 2.56. The highest BCUT2D eigenvalue weighted by Gasteiger charge is 2.29. The van der Waals surface area contributed by atoms with E-state index in [-0.39, 0.29) is 28.7 Å². The van der Waals surface area contributed by atoms with Crippen molar-refractivity contribution in [1.82, 2.24) is 14.5 Å². The smallest absolute Gasteiger partial charge is 0.262 e. The first kappa shape index (κ1) is 22.7. The molecule has 3 aromatic rings. The molecule has 1 aromatic heterocycles. The summed E-state index contributed by atoms with van der Waals surface area (Å²) in [7, 11) is 3.19. The fourth-order valence-electron chi connectivity index (χ4n) is 4.06. The van der Waals surface area contributed by atoms with Gasteiger partial charge in [-0.05, 0) is 48.7 Å². The molecule has 1 amide bonds. The van der Waals surface area contributed by atoms with Gasteiger partial charge in [-0.25, -0.2) is 0 Å². The highest BCUT2D eigenvalue weighted by Crippen LogP contribution is 2.38. The van der Waals surface area contributed by atoms with Gasteiger partial charge in [-0.2, -0.15) is 4.98 Å². The Hall–Kier alpha value is -3.46. The maximum atomic E-state index is 13.2. The molecule has 2 aromatic carbocycles. The maximum Gasteiger partial charge on any atom is 0.262 e. The van der Waals surface area contributed by atoms with E-state index in [0.717, 1.165) is 29.0 Å². The summed E-state index contributed by atoms with van der Waals surface area (Å²) in [4.78, 5) is 31.6. The first-order valence-electron chi connectivity index (χ1n) is 10.5. The van der Waals surface area contributed by atoms with Gasteiger partial charge >= 0.3 is 0 Å². The Bertz CT molecular complexity index is 1230. The minimum Gasteiger partial charge on any atom is -0.493 e. The van der Waals surface area contributed by atoms with E-state index in [0.29, 0.717) is 30.2 Å². The van der Waals surface area contributed by atoms with Crippen molar-refractivity contribution in [3.8, 4) is 23.1 Å². The second-order valence-corrected chi connectivity index (χ2v) is 8.56. The Morgan fingerprint density at radius 1 is 1.15 bits per heavy atom. The van der Waals surface area contributed by atoms with Crippen molar-refractivity contribution in [1.29, 1.82) is 0 Å². The summed E-state index contributed by atoms with van der Waals surface area (Å²) in [6.07, 6.45) is 0.704. The molecule has 1 atom stereocenters. The summed E-state index contributed by atoms with van der Waals surface area (Å²) in [5.74, 6) is 0.930. The van der Waals surface area contributed by atoms with Gasteiger partial charge in [-0.15, -0.1) is 0 Å². The second-order valence-electron chi connectivity index (χ2n) is 7.61. The van der Waals surface area contributed by atoms with Crippen LogP contribution in [0.4, 0.5) is 0 Å². The highest BCUT2D eigenvalue weighted by atomic mass is 32.2. The summed E-state index contributed by atoms with van der Waals surface area (Å²) in [6, 6.07) is 13.8. The van der Waals surface area contributed by atoms with Gasteiger partial charge in [0.25, 0.3) is 5.56 Å². The van der Waals surface area contributed by atoms with Gasteiger partial charge in [0.1, 0.15) is 0 Å². The molecule has 0 unspecified atom stereocenters. The van der Waals surface area contributed by atoms with Crippen molar-refractivity contribution in [3.63, 3.8) is 0 Å². The number of hydrogen-bond acceptors (Lipinski definition) is 7. The summed E-state index contributed by atoms with van der Waals surface area (Å²) >= 11 is 1.12.